The maximum absolute atomic E-state index is 11.4. The molecule has 6 nitrogen and oxygen atoms in total. The monoisotopic (exact) mass is 283 g/mol. The first-order valence-electron chi connectivity index (χ1n) is 5.98. The average Bonchev–Trinajstić information content (AvgIpc) is 2.38. The number of amides is 1. The van der Waals surface area contributed by atoms with Crippen LogP contribution in [0.3, 0.4) is 0 Å². The lowest BCUT2D eigenvalue weighted by molar-refractivity contribution is 0.100. The molecule has 0 spiro atoms. The zero-order chi connectivity index (χ0) is 14.0. The highest BCUT2D eigenvalue weighted by Gasteiger charge is 2.25. The fraction of sp³-hybridized carbons (Fsp3) is 0.417. The maximum Gasteiger partial charge on any atom is 0.250 e. The molecule has 0 atom stereocenters. The van der Waals surface area contributed by atoms with Crippen molar-refractivity contribution in [2.45, 2.75) is 0 Å². The van der Waals surface area contributed by atoms with Gasteiger partial charge in [-0.25, -0.2) is 8.42 Å². The standard InChI is InChI=1S/C12H17N3O3S/c1-19(17,18)15-8-6-14(7-9-15)11-5-3-2-4-10(11)12(13)16/h2-5H,6-9H2,1H3,(H2,13,16). The third-order valence-electron chi connectivity index (χ3n) is 3.22. The Morgan fingerprint density at radius 1 is 1.16 bits per heavy atom. The SMILES string of the molecule is CS(=O)(=O)N1CCN(c2ccccc2C(N)=O)CC1. The fourth-order valence-electron chi connectivity index (χ4n) is 2.22. The van der Waals surface area contributed by atoms with Crippen molar-refractivity contribution in [1.29, 1.82) is 0 Å². The minimum atomic E-state index is -3.14. The summed E-state index contributed by atoms with van der Waals surface area (Å²) in [6, 6.07) is 7.11. The van der Waals surface area contributed by atoms with E-state index in [0.717, 1.165) is 5.69 Å². The van der Waals surface area contributed by atoms with Gasteiger partial charge in [-0.1, -0.05) is 12.1 Å². The lowest BCUT2D eigenvalue weighted by Crippen LogP contribution is -2.48. The molecule has 1 amide bonds. The zero-order valence-corrected chi connectivity index (χ0v) is 11.6. The van der Waals surface area contributed by atoms with Crippen LogP contribution >= 0.6 is 0 Å². The van der Waals surface area contributed by atoms with Gasteiger partial charge < -0.3 is 10.6 Å². The second kappa shape index (κ2) is 5.18. The number of nitrogens with zero attached hydrogens (tertiary/aromatic N) is 2. The van der Waals surface area contributed by atoms with Crippen molar-refractivity contribution in [3.05, 3.63) is 29.8 Å². The molecule has 1 heterocycles. The Balaban J connectivity index is 2.16. The first-order chi connectivity index (χ1) is 8.89. The average molecular weight is 283 g/mol. The highest BCUT2D eigenvalue weighted by molar-refractivity contribution is 7.88. The number of primary amides is 1. The Bertz CT molecular complexity index is 578. The number of piperazine rings is 1. The summed E-state index contributed by atoms with van der Waals surface area (Å²) in [5.74, 6) is -0.471. The van der Waals surface area contributed by atoms with Gasteiger partial charge in [0.15, 0.2) is 0 Å². The van der Waals surface area contributed by atoms with E-state index in [1.54, 1.807) is 12.1 Å². The number of hydrogen-bond donors (Lipinski definition) is 1. The summed E-state index contributed by atoms with van der Waals surface area (Å²) in [7, 11) is -3.14. The first-order valence-corrected chi connectivity index (χ1v) is 7.83. The van der Waals surface area contributed by atoms with Gasteiger partial charge in [-0.05, 0) is 12.1 Å². The molecule has 1 saturated heterocycles. The molecule has 7 heteroatoms. The van der Waals surface area contributed by atoms with Crippen LogP contribution in [0.25, 0.3) is 0 Å². The third-order valence-corrected chi connectivity index (χ3v) is 4.52. The van der Waals surface area contributed by atoms with Crippen LogP contribution < -0.4 is 10.6 Å². The summed E-state index contributed by atoms with van der Waals surface area (Å²) in [6.45, 7) is 1.95. The van der Waals surface area contributed by atoms with Crippen molar-refractivity contribution in [1.82, 2.24) is 4.31 Å². The molecule has 1 aliphatic heterocycles. The Hall–Kier alpha value is -1.60. The van der Waals surface area contributed by atoms with Crippen LogP contribution in [0.15, 0.2) is 24.3 Å². The fourth-order valence-corrected chi connectivity index (χ4v) is 3.04. The molecule has 1 aromatic carbocycles. The lowest BCUT2D eigenvalue weighted by atomic mass is 10.1. The predicted octanol–water partition coefficient (Wildman–Crippen LogP) is -0.133. The van der Waals surface area contributed by atoms with Gasteiger partial charge in [-0.2, -0.15) is 4.31 Å². The summed E-state index contributed by atoms with van der Waals surface area (Å²) in [4.78, 5) is 13.4. The van der Waals surface area contributed by atoms with Gasteiger partial charge in [0, 0.05) is 31.9 Å². The summed E-state index contributed by atoms with van der Waals surface area (Å²) in [5, 5.41) is 0. The van der Waals surface area contributed by atoms with Crippen LogP contribution in [0.2, 0.25) is 0 Å². The van der Waals surface area contributed by atoms with Gasteiger partial charge in [0.05, 0.1) is 11.8 Å². The molecule has 2 rings (SSSR count). The molecule has 0 aromatic heterocycles. The van der Waals surface area contributed by atoms with E-state index in [1.807, 2.05) is 17.0 Å². The largest absolute Gasteiger partial charge is 0.368 e. The number of hydrogen-bond acceptors (Lipinski definition) is 4. The van der Waals surface area contributed by atoms with Gasteiger partial charge >= 0.3 is 0 Å². The molecule has 0 saturated carbocycles. The summed E-state index contributed by atoms with van der Waals surface area (Å²) < 4.78 is 24.3. The van der Waals surface area contributed by atoms with Crippen LogP contribution in [-0.4, -0.2) is 51.1 Å². The molecule has 1 aromatic rings. The molecule has 0 unspecified atom stereocenters. The molecule has 19 heavy (non-hydrogen) atoms. The Kier molecular flexibility index (Phi) is 3.77. The number of benzene rings is 1. The van der Waals surface area contributed by atoms with E-state index in [0.29, 0.717) is 31.7 Å². The topological polar surface area (TPSA) is 83.7 Å². The highest BCUT2D eigenvalue weighted by Crippen LogP contribution is 2.21. The molecule has 0 radical (unpaired) electrons. The molecule has 0 aliphatic carbocycles. The van der Waals surface area contributed by atoms with Crippen LogP contribution in [0, 0.1) is 0 Å². The Labute approximate surface area is 112 Å². The maximum atomic E-state index is 11.4. The van der Waals surface area contributed by atoms with E-state index in [9.17, 15) is 13.2 Å². The van der Waals surface area contributed by atoms with Crippen molar-refractivity contribution in [3.63, 3.8) is 0 Å². The van der Waals surface area contributed by atoms with E-state index < -0.39 is 15.9 Å². The summed E-state index contributed by atoms with van der Waals surface area (Å²) >= 11 is 0. The second-order valence-corrected chi connectivity index (χ2v) is 6.51. The van der Waals surface area contributed by atoms with E-state index in [2.05, 4.69) is 0 Å². The van der Waals surface area contributed by atoms with Gasteiger partial charge in [-0.15, -0.1) is 0 Å². The van der Waals surface area contributed by atoms with E-state index >= 15 is 0 Å². The minimum Gasteiger partial charge on any atom is -0.368 e. The molecule has 104 valence electrons. The third kappa shape index (κ3) is 3.05. The molecule has 1 fully saturated rings. The lowest BCUT2D eigenvalue weighted by Gasteiger charge is -2.35. The van der Waals surface area contributed by atoms with E-state index in [-0.39, 0.29) is 0 Å². The normalized spacial score (nSPS) is 17.4. The highest BCUT2D eigenvalue weighted by atomic mass is 32.2. The van der Waals surface area contributed by atoms with Crippen LogP contribution in [0.4, 0.5) is 5.69 Å². The summed E-state index contributed by atoms with van der Waals surface area (Å²) in [5.41, 5.74) is 6.58. The molecular formula is C12H17N3O3S. The molecular weight excluding hydrogens is 266 g/mol. The van der Waals surface area contributed by atoms with Crippen molar-refractivity contribution in [2.24, 2.45) is 5.73 Å². The van der Waals surface area contributed by atoms with Crippen LogP contribution in [-0.2, 0) is 10.0 Å². The van der Waals surface area contributed by atoms with Crippen LogP contribution in [0.5, 0.6) is 0 Å². The number of rotatable bonds is 3. The number of carbonyl (C=O) groups excluding carboxylic acids is 1. The predicted molar refractivity (Wildman–Crippen MR) is 73.6 cm³/mol. The second-order valence-electron chi connectivity index (χ2n) is 4.53. The number of anilines is 1. The van der Waals surface area contributed by atoms with Gasteiger partial charge in [-0.3, -0.25) is 4.79 Å². The van der Waals surface area contributed by atoms with Crippen molar-refractivity contribution in [3.8, 4) is 0 Å². The minimum absolute atomic E-state index is 0.423. The van der Waals surface area contributed by atoms with Gasteiger partial charge in [0.25, 0.3) is 5.91 Å². The zero-order valence-electron chi connectivity index (χ0n) is 10.7. The molecule has 2 N–H and O–H groups in total. The summed E-state index contributed by atoms with van der Waals surface area (Å²) in [6.07, 6.45) is 1.21. The van der Waals surface area contributed by atoms with Crippen molar-refractivity contribution >= 4 is 21.6 Å². The number of sulfonamides is 1. The Morgan fingerprint density at radius 3 is 2.26 bits per heavy atom. The number of nitrogens with two attached hydrogens (primary N) is 1. The Morgan fingerprint density at radius 2 is 1.74 bits per heavy atom. The van der Waals surface area contributed by atoms with Gasteiger partial charge in [0.1, 0.15) is 0 Å². The van der Waals surface area contributed by atoms with Crippen molar-refractivity contribution in [2.75, 3.05) is 37.3 Å². The number of para-hydroxylation sites is 1. The molecule has 1 aliphatic rings. The van der Waals surface area contributed by atoms with Gasteiger partial charge in [0.2, 0.25) is 10.0 Å². The number of carbonyl (C=O) groups is 1. The van der Waals surface area contributed by atoms with E-state index in [4.69, 9.17) is 5.73 Å². The smallest absolute Gasteiger partial charge is 0.250 e. The molecule has 0 bridgehead atoms. The first kappa shape index (κ1) is 13.8. The quantitative estimate of drug-likeness (QED) is 0.837. The van der Waals surface area contributed by atoms with Crippen molar-refractivity contribution < 1.29 is 13.2 Å². The van der Waals surface area contributed by atoms with Crippen LogP contribution in [0.1, 0.15) is 10.4 Å². The van der Waals surface area contributed by atoms with E-state index in [1.165, 1.54) is 10.6 Å².